The van der Waals surface area contributed by atoms with Crippen molar-refractivity contribution < 1.29 is 23.8 Å². The predicted octanol–water partition coefficient (Wildman–Crippen LogP) is 3.83. The molecule has 150 valence electrons. The number of carbonyl (C=O) groups excluding carboxylic acids is 2. The number of hydrogen-bond donors (Lipinski definition) is 3. The molecule has 8 heteroatoms. The van der Waals surface area contributed by atoms with E-state index in [4.69, 9.17) is 4.74 Å². The molecule has 0 radical (unpaired) electrons. The number of para-hydroxylation sites is 1. The molecule has 0 bridgehead atoms. The molecule has 3 aromatic rings. The quantitative estimate of drug-likeness (QED) is 0.548. The van der Waals surface area contributed by atoms with E-state index in [1.165, 1.54) is 17.4 Å². The van der Waals surface area contributed by atoms with Gasteiger partial charge in [0.25, 0.3) is 11.8 Å². The zero-order chi connectivity index (χ0) is 20.8. The molecule has 2 aromatic carbocycles. The number of anilines is 1. The number of methoxy groups -OCH3 is 1. The molecule has 0 saturated heterocycles. The highest BCUT2D eigenvalue weighted by Gasteiger charge is 2.17. The van der Waals surface area contributed by atoms with Crippen LogP contribution in [0.4, 0.5) is 10.1 Å². The number of phenols is 1. The van der Waals surface area contributed by atoms with Gasteiger partial charge in [0.1, 0.15) is 10.6 Å². The number of phenolic OH excluding ortho intramolecular Hbond substituents is 1. The first-order valence-corrected chi connectivity index (χ1v) is 9.65. The lowest BCUT2D eigenvalue weighted by Crippen LogP contribution is -2.26. The normalized spacial score (nSPS) is 10.4. The van der Waals surface area contributed by atoms with Crippen LogP contribution < -0.4 is 15.4 Å². The summed E-state index contributed by atoms with van der Waals surface area (Å²) in [4.78, 5) is 25.2. The van der Waals surface area contributed by atoms with E-state index < -0.39 is 17.5 Å². The Morgan fingerprint density at radius 3 is 2.69 bits per heavy atom. The Balaban J connectivity index is 1.62. The maximum Gasteiger partial charge on any atom is 0.263 e. The van der Waals surface area contributed by atoms with E-state index in [1.807, 2.05) is 24.3 Å². The van der Waals surface area contributed by atoms with E-state index in [0.29, 0.717) is 23.5 Å². The molecule has 3 N–H and O–H groups in total. The van der Waals surface area contributed by atoms with Crippen molar-refractivity contribution >= 4 is 28.8 Å². The van der Waals surface area contributed by atoms with Crippen molar-refractivity contribution in [3.8, 4) is 11.5 Å². The molecule has 1 aromatic heterocycles. The third-order valence-electron chi connectivity index (χ3n) is 4.20. The van der Waals surface area contributed by atoms with Crippen molar-refractivity contribution in [3.05, 3.63) is 75.7 Å². The summed E-state index contributed by atoms with van der Waals surface area (Å²) < 4.78 is 18.8. The summed E-state index contributed by atoms with van der Waals surface area (Å²) in [6.45, 7) is 0.396. The first kappa shape index (κ1) is 20.3. The van der Waals surface area contributed by atoms with Crippen molar-refractivity contribution in [1.82, 2.24) is 5.32 Å². The van der Waals surface area contributed by atoms with Gasteiger partial charge in [-0.3, -0.25) is 9.59 Å². The van der Waals surface area contributed by atoms with Crippen LogP contribution >= 0.6 is 11.3 Å². The number of nitrogens with one attached hydrogen (secondary N) is 2. The highest BCUT2D eigenvalue weighted by Crippen LogP contribution is 2.24. The Morgan fingerprint density at radius 1 is 1.14 bits per heavy atom. The first-order chi connectivity index (χ1) is 14.0. The second-order valence-corrected chi connectivity index (χ2v) is 7.02. The van der Waals surface area contributed by atoms with Gasteiger partial charge in [-0.2, -0.15) is 0 Å². The molecular formula is C21H19FN2O4S. The lowest BCUT2D eigenvalue weighted by Gasteiger charge is -2.10. The second-order valence-electron chi connectivity index (χ2n) is 6.10. The Kier molecular flexibility index (Phi) is 6.46. The van der Waals surface area contributed by atoms with Crippen LogP contribution in [0, 0.1) is 5.82 Å². The van der Waals surface area contributed by atoms with E-state index in [-0.39, 0.29) is 11.5 Å². The largest absolute Gasteiger partial charge is 0.505 e. The smallest absolute Gasteiger partial charge is 0.263 e. The minimum Gasteiger partial charge on any atom is -0.505 e. The molecule has 2 amide bonds. The summed E-state index contributed by atoms with van der Waals surface area (Å²) in [7, 11) is 1.60. The Labute approximate surface area is 171 Å². The van der Waals surface area contributed by atoms with Crippen molar-refractivity contribution in [2.45, 2.75) is 6.42 Å². The molecule has 29 heavy (non-hydrogen) atoms. The topological polar surface area (TPSA) is 87.7 Å². The van der Waals surface area contributed by atoms with Gasteiger partial charge in [0, 0.05) is 12.1 Å². The van der Waals surface area contributed by atoms with Gasteiger partial charge < -0.3 is 20.5 Å². The van der Waals surface area contributed by atoms with E-state index >= 15 is 0 Å². The van der Waals surface area contributed by atoms with E-state index in [1.54, 1.807) is 18.6 Å². The van der Waals surface area contributed by atoms with Gasteiger partial charge in [0.05, 0.1) is 12.8 Å². The summed E-state index contributed by atoms with van der Waals surface area (Å²) in [5.74, 6) is -1.57. The highest BCUT2D eigenvalue weighted by molar-refractivity contribution is 7.12. The molecular weight excluding hydrogens is 395 g/mol. The average Bonchev–Trinajstić information content (AvgIpc) is 3.18. The van der Waals surface area contributed by atoms with Crippen LogP contribution in [0.5, 0.6) is 11.5 Å². The molecule has 6 nitrogen and oxygen atoms in total. The number of hydrogen-bond acceptors (Lipinski definition) is 5. The van der Waals surface area contributed by atoms with Crippen molar-refractivity contribution in [2.75, 3.05) is 19.0 Å². The fourth-order valence-corrected chi connectivity index (χ4v) is 3.49. The fourth-order valence-electron chi connectivity index (χ4n) is 2.73. The van der Waals surface area contributed by atoms with Crippen LogP contribution in [-0.2, 0) is 6.42 Å². The third kappa shape index (κ3) is 4.91. The van der Waals surface area contributed by atoms with Crippen LogP contribution in [0.3, 0.4) is 0 Å². The van der Waals surface area contributed by atoms with Gasteiger partial charge in [-0.05, 0) is 47.7 Å². The van der Waals surface area contributed by atoms with Crippen molar-refractivity contribution in [2.24, 2.45) is 0 Å². The maximum absolute atomic E-state index is 13.5. The molecule has 0 fully saturated rings. The molecule has 0 atom stereocenters. The number of aromatic hydroxyl groups is 1. The molecule has 3 rings (SSSR count). The van der Waals surface area contributed by atoms with Gasteiger partial charge in [-0.15, -0.1) is 11.3 Å². The number of halogens is 1. The zero-order valence-electron chi connectivity index (χ0n) is 15.6. The minimum atomic E-state index is -0.891. The van der Waals surface area contributed by atoms with E-state index in [0.717, 1.165) is 23.4 Å². The standard InChI is InChI=1S/C21H19FN2O4S/c1-28-18-5-3-2-4-13(18)8-10-23-21(27)19-16(9-11-29-19)24-20(26)14-6-7-17(25)15(22)12-14/h2-7,9,11-12,25H,8,10H2,1H3,(H,23,27)(H,24,26). The Hall–Kier alpha value is -3.39. The summed E-state index contributed by atoms with van der Waals surface area (Å²) >= 11 is 1.19. The number of thiophene rings is 1. The molecule has 0 aliphatic heterocycles. The number of benzene rings is 2. The summed E-state index contributed by atoms with van der Waals surface area (Å²) in [6, 6.07) is 12.5. The Bertz CT molecular complexity index is 1040. The maximum atomic E-state index is 13.5. The second kappa shape index (κ2) is 9.20. The van der Waals surface area contributed by atoms with E-state index in [9.17, 15) is 19.1 Å². The minimum absolute atomic E-state index is 0.0361. The lowest BCUT2D eigenvalue weighted by atomic mass is 10.1. The molecule has 0 saturated carbocycles. The van der Waals surface area contributed by atoms with Crippen LogP contribution in [0.1, 0.15) is 25.6 Å². The van der Waals surface area contributed by atoms with Crippen LogP contribution in [-0.4, -0.2) is 30.6 Å². The number of rotatable bonds is 7. The van der Waals surface area contributed by atoms with Crippen LogP contribution in [0.15, 0.2) is 53.9 Å². The van der Waals surface area contributed by atoms with Gasteiger partial charge in [0.15, 0.2) is 11.6 Å². The lowest BCUT2D eigenvalue weighted by molar-refractivity contribution is 0.0959. The SMILES string of the molecule is COc1ccccc1CCNC(=O)c1sccc1NC(=O)c1ccc(O)c(F)c1. The monoisotopic (exact) mass is 414 g/mol. The Morgan fingerprint density at radius 2 is 1.93 bits per heavy atom. The number of amides is 2. The van der Waals surface area contributed by atoms with Crippen molar-refractivity contribution in [3.63, 3.8) is 0 Å². The summed E-state index contributed by atoms with van der Waals surface area (Å²) in [6.07, 6.45) is 0.593. The van der Waals surface area contributed by atoms with Crippen LogP contribution in [0.2, 0.25) is 0 Å². The molecule has 1 heterocycles. The summed E-state index contributed by atoms with van der Waals surface area (Å²) in [5, 5.41) is 16.3. The molecule has 0 aliphatic carbocycles. The fraction of sp³-hybridized carbons (Fsp3) is 0.143. The molecule has 0 unspecified atom stereocenters. The highest BCUT2D eigenvalue weighted by atomic mass is 32.1. The third-order valence-corrected chi connectivity index (χ3v) is 5.12. The van der Waals surface area contributed by atoms with Gasteiger partial charge in [-0.1, -0.05) is 18.2 Å². The van der Waals surface area contributed by atoms with Crippen molar-refractivity contribution in [1.29, 1.82) is 0 Å². The average molecular weight is 414 g/mol. The summed E-state index contributed by atoms with van der Waals surface area (Å²) in [5.41, 5.74) is 1.35. The molecule has 0 spiro atoms. The van der Waals surface area contributed by atoms with Gasteiger partial charge in [-0.25, -0.2) is 4.39 Å². The van der Waals surface area contributed by atoms with Gasteiger partial charge in [0.2, 0.25) is 0 Å². The zero-order valence-corrected chi connectivity index (χ0v) is 16.4. The molecule has 0 aliphatic rings. The first-order valence-electron chi connectivity index (χ1n) is 8.77. The number of ether oxygens (including phenoxy) is 1. The van der Waals surface area contributed by atoms with E-state index in [2.05, 4.69) is 10.6 Å². The van der Waals surface area contributed by atoms with Gasteiger partial charge >= 0.3 is 0 Å². The predicted molar refractivity (Wildman–Crippen MR) is 109 cm³/mol. The number of carbonyl (C=O) groups is 2. The van der Waals surface area contributed by atoms with Crippen LogP contribution in [0.25, 0.3) is 0 Å².